The summed E-state index contributed by atoms with van der Waals surface area (Å²) in [5.41, 5.74) is 3.63. The standard InChI is InChI=1S/C19H22FN3S.C6H13N.C4H10/c1-2-3-12-4-5-13(8-12)17-9-18(23-22-17)21-16-7-6-14-10-24-11-15(14)19(16)20;1-7-6-4-2-3-5-6;1-3-4-2/h2,6-7,9,12-13H,1,3-5,8,10-11H2,(H2,21,22,23);6-7H,2-5H2,1H3;3-4H2,1-2H3. The Morgan fingerprint density at radius 1 is 1.14 bits per heavy atom. The van der Waals surface area contributed by atoms with Gasteiger partial charge in [-0.3, -0.25) is 5.10 Å². The number of allylic oxidation sites excluding steroid dienone is 1. The Hall–Kier alpha value is -1.79. The number of anilines is 2. The van der Waals surface area contributed by atoms with Crippen molar-refractivity contribution in [1.29, 1.82) is 0 Å². The molecule has 194 valence electrons. The topological polar surface area (TPSA) is 52.7 Å². The van der Waals surface area contributed by atoms with Crippen molar-refractivity contribution in [3.8, 4) is 0 Å². The van der Waals surface area contributed by atoms with E-state index in [1.165, 1.54) is 57.8 Å². The number of hydrogen-bond donors (Lipinski definition) is 3. The van der Waals surface area contributed by atoms with Crippen molar-refractivity contribution in [3.05, 3.63) is 53.5 Å². The Balaban J connectivity index is 0.000000259. The number of fused-ring (bicyclic) bond motifs is 1. The lowest BCUT2D eigenvalue weighted by molar-refractivity contribution is 0.544. The van der Waals surface area contributed by atoms with Crippen LogP contribution in [0.3, 0.4) is 0 Å². The number of nitrogens with one attached hydrogen (secondary N) is 3. The molecule has 2 unspecified atom stereocenters. The van der Waals surface area contributed by atoms with Gasteiger partial charge in [-0.2, -0.15) is 16.9 Å². The molecule has 2 saturated carbocycles. The van der Waals surface area contributed by atoms with Crippen LogP contribution in [0.15, 0.2) is 30.9 Å². The molecule has 1 aliphatic heterocycles. The predicted octanol–water partition coefficient (Wildman–Crippen LogP) is 8.45. The van der Waals surface area contributed by atoms with Gasteiger partial charge in [0, 0.05) is 40.8 Å². The van der Waals surface area contributed by atoms with Gasteiger partial charge in [0.15, 0.2) is 11.6 Å². The summed E-state index contributed by atoms with van der Waals surface area (Å²) in [4.78, 5) is 0. The fourth-order valence-corrected chi connectivity index (χ4v) is 6.19. The number of rotatable bonds is 7. The van der Waals surface area contributed by atoms with Gasteiger partial charge in [0.1, 0.15) is 0 Å². The molecule has 2 aromatic rings. The first kappa shape index (κ1) is 27.8. The van der Waals surface area contributed by atoms with E-state index in [1.807, 2.05) is 24.3 Å². The third-order valence-corrected chi connectivity index (χ3v) is 8.46. The monoisotopic (exact) mass is 500 g/mol. The first-order valence-electron chi connectivity index (χ1n) is 13.6. The summed E-state index contributed by atoms with van der Waals surface area (Å²) in [6.45, 7) is 8.20. The second-order valence-corrected chi connectivity index (χ2v) is 11.0. The Morgan fingerprint density at radius 2 is 1.91 bits per heavy atom. The number of benzene rings is 1. The highest BCUT2D eigenvalue weighted by molar-refractivity contribution is 7.98. The minimum atomic E-state index is -0.131. The average molecular weight is 501 g/mol. The largest absolute Gasteiger partial charge is 0.336 e. The van der Waals surface area contributed by atoms with Gasteiger partial charge in [-0.1, -0.05) is 51.7 Å². The molecule has 0 amide bonds. The van der Waals surface area contributed by atoms with Crippen molar-refractivity contribution in [2.45, 2.75) is 102 Å². The molecule has 4 nitrogen and oxygen atoms in total. The maximum atomic E-state index is 14.6. The van der Waals surface area contributed by atoms with E-state index < -0.39 is 0 Å². The molecule has 5 rings (SSSR count). The van der Waals surface area contributed by atoms with E-state index in [9.17, 15) is 4.39 Å². The Kier molecular flexibility index (Phi) is 11.7. The third kappa shape index (κ3) is 8.11. The third-order valence-electron chi connectivity index (χ3n) is 7.45. The van der Waals surface area contributed by atoms with Gasteiger partial charge in [0.2, 0.25) is 0 Å². The molecular weight excluding hydrogens is 455 g/mol. The molecule has 2 fully saturated rings. The van der Waals surface area contributed by atoms with E-state index in [0.717, 1.165) is 46.7 Å². The summed E-state index contributed by atoms with van der Waals surface area (Å²) in [7, 11) is 2.05. The number of nitrogens with zero attached hydrogens (tertiary/aromatic N) is 1. The molecule has 2 heterocycles. The van der Waals surface area contributed by atoms with Crippen molar-refractivity contribution in [2.24, 2.45) is 5.92 Å². The summed E-state index contributed by atoms with van der Waals surface area (Å²) in [6.07, 6.45) is 15.0. The lowest BCUT2D eigenvalue weighted by Gasteiger charge is -2.08. The Labute approximate surface area is 216 Å². The molecule has 1 aromatic carbocycles. The van der Waals surface area contributed by atoms with Crippen LogP contribution in [0.1, 0.15) is 101 Å². The fourth-order valence-electron chi connectivity index (χ4n) is 5.08. The van der Waals surface area contributed by atoms with Gasteiger partial charge >= 0.3 is 0 Å². The molecule has 0 spiro atoms. The second-order valence-electron chi connectivity index (χ2n) is 10.1. The molecule has 0 saturated heterocycles. The molecule has 1 aromatic heterocycles. The Bertz CT molecular complexity index is 904. The zero-order chi connectivity index (χ0) is 25.0. The van der Waals surface area contributed by atoms with Crippen LogP contribution in [0.2, 0.25) is 0 Å². The number of thioether (sulfide) groups is 1. The van der Waals surface area contributed by atoms with Crippen molar-refractivity contribution < 1.29 is 4.39 Å². The van der Waals surface area contributed by atoms with E-state index in [-0.39, 0.29) is 5.82 Å². The molecule has 3 aliphatic rings. The van der Waals surface area contributed by atoms with Crippen LogP contribution >= 0.6 is 11.8 Å². The van der Waals surface area contributed by atoms with E-state index in [2.05, 4.69) is 48.3 Å². The van der Waals surface area contributed by atoms with Crippen LogP contribution in [0.5, 0.6) is 0 Å². The zero-order valence-electron chi connectivity index (χ0n) is 22.0. The summed E-state index contributed by atoms with van der Waals surface area (Å²) < 4.78 is 14.6. The van der Waals surface area contributed by atoms with Crippen LogP contribution in [0.25, 0.3) is 0 Å². The summed E-state index contributed by atoms with van der Waals surface area (Å²) in [5.74, 6) is 3.50. The Morgan fingerprint density at radius 3 is 2.57 bits per heavy atom. The fraction of sp³-hybridized carbons (Fsp3) is 0.621. The smallest absolute Gasteiger partial charge is 0.152 e. The minimum Gasteiger partial charge on any atom is -0.336 e. The highest BCUT2D eigenvalue weighted by Crippen LogP contribution is 2.40. The first-order chi connectivity index (χ1) is 17.1. The number of hydrogen-bond acceptors (Lipinski definition) is 4. The van der Waals surface area contributed by atoms with Crippen LogP contribution in [0.4, 0.5) is 15.9 Å². The number of halogens is 1. The number of H-pyrrole nitrogens is 1. The van der Waals surface area contributed by atoms with E-state index >= 15 is 0 Å². The van der Waals surface area contributed by atoms with Gasteiger partial charge in [-0.15, -0.1) is 6.58 Å². The molecule has 0 radical (unpaired) electrons. The van der Waals surface area contributed by atoms with Crippen LogP contribution < -0.4 is 10.6 Å². The van der Waals surface area contributed by atoms with Crippen molar-refractivity contribution >= 4 is 23.3 Å². The molecule has 2 aliphatic carbocycles. The highest BCUT2D eigenvalue weighted by Gasteiger charge is 2.26. The second kappa shape index (κ2) is 14.7. The number of aromatic amines is 1. The molecule has 3 N–H and O–H groups in total. The number of aromatic nitrogens is 2. The summed E-state index contributed by atoms with van der Waals surface area (Å²) >= 11 is 1.76. The van der Waals surface area contributed by atoms with Gasteiger partial charge in [-0.05, 0) is 63.1 Å². The van der Waals surface area contributed by atoms with E-state index in [4.69, 9.17) is 0 Å². The predicted molar refractivity (Wildman–Crippen MR) is 150 cm³/mol. The van der Waals surface area contributed by atoms with Crippen LogP contribution in [-0.2, 0) is 11.5 Å². The van der Waals surface area contributed by atoms with Gasteiger partial charge < -0.3 is 10.6 Å². The lowest BCUT2D eigenvalue weighted by atomic mass is 10.00. The number of unbranched alkanes of at least 4 members (excludes halogenated alkanes) is 1. The van der Waals surface area contributed by atoms with Gasteiger partial charge in [0.05, 0.1) is 5.69 Å². The molecule has 35 heavy (non-hydrogen) atoms. The molecule has 0 bridgehead atoms. The maximum Gasteiger partial charge on any atom is 0.152 e. The quantitative estimate of drug-likeness (QED) is 0.334. The minimum absolute atomic E-state index is 0.131. The van der Waals surface area contributed by atoms with Gasteiger partial charge in [-0.25, -0.2) is 4.39 Å². The van der Waals surface area contributed by atoms with Gasteiger partial charge in [0.25, 0.3) is 0 Å². The molecule has 2 atom stereocenters. The normalized spacial score (nSPS) is 21.0. The SMILES string of the molecule is C=CCC1CCC(c2cc(Nc3ccc4c(c3F)CSC4)n[nH]2)C1.CCCC.CNC1CCCC1. The summed E-state index contributed by atoms with van der Waals surface area (Å²) in [6, 6.07) is 6.72. The van der Waals surface area contributed by atoms with E-state index in [1.54, 1.807) is 11.8 Å². The van der Waals surface area contributed by atoms with Crippen molar-refractivity contribution in [3.63, 3.8) is 0 Å². The lowest BCUT2D eigenvalue weighted by Crippen LogP contribution is -2.20. The maximum absolute atomic E-state index is 14.6. The molecule has 6 heteroatoms. The highest BCUT2D eigenvalue weighted by atomic mass is 32.2. The van der Waals surface area contributed by atoms with Crippen LogP contribution in [0, 0.1) is 11.7 Å². The zero-order valence-corrected chi connectivity index (χ0v) is 22.8. The first-order valence-corrected chi connectivity index (χ1v) is 14.7. The van der Waals surface area contributed by atoms with Crippen molar-refractivity contribution in [2.75, 3.05) is 12.4 Å². The summed E-state index contributed by atoms with van der Waals surface area (Å²) in [5, 5.41) is 13.9. The van der Waals surface area contributed by atoms with Crippen molar-refractivity contribution in [1.82, 2.24) is 15.5 Å². The van der Waals surface area contributed by atoms with E-state index in [0.29, 0.717) is 17.4 Å². The molecular formula is C29H45FN4S. The average Bonchev–Trinajstić information content (AvgIpc) is 3.69. The van der Waals surface area contributed by atoms with Crippen LogP contribution in [-0.4, -0.2) is 23.3 Å².